The molecular weight excluding hydrogens is 375 g/mol. The number of hydrogen-bond donors (Lipinski definition) is 2. The molecule has 5 nitrogen and oxygen atoms in total. The third-order valence-corrected chi connectivity index (χ3v) is 4.91. The Kier molecular flexibility index (Phi) is 5.81. The van der Waals surface area contributed by atoms with Gasteiger partial charge in [-0.3, -0.25) is 9.59 Å². The Morgan fingerprint density at radius 3 is 2.50 bits per heavy atom. The maximum atomic E-state index is 12.8. The molecule has 0 saturated carbocycles. The molecule has 2 amide bonds. The fourth-order valence-corrected chi connectivity index (χ4v) is 3.33. The first-order valence-corrected chi connectivity index (χ1v) is 8.97. The summed E-state index contributed by atoms with van der Waals surface area (Å²) in [4.78, 5) is 26.7. The summed E-state index contributed by atoms with van der Waals surface area (Å²) >= 11 is 11.9. The fourth-order valence-electron chi connectivity index (χ4n) is 2.99. The summed E-state index contributed by atoms with van der Waals surface area (Å²) in [6.45, 7) is 0.416. The number of amides is 2. The minimum Gasteiger partial charge on any atom is -0.391 e. The van der Waals surface area contributed by atoms with Gasteiger partial charge in [-0.1, -0.05) is 47.5 Å². The summed E-state index contributed by atoms with van der Waals surface area (Å²) in [6, 6.07) is 13.1. The van der Waals surface area contributed by atoms with Crippen LogP contribution in [0.2, 0.25) is 10.0 Å². The molecule has 2 aromatic carbocycles. The number of β-amino-alcohol motifs (C(OH)–C–C–N with tert-alkyl or cyclic N) is 1. The standard InChI is InChI=1S/C19H18Cl2N2O3/c20-13-7-5-12(6-8-13)10-22-18(25)17-9-14(24)11-23(17)19(26)15-3-1-2-4-16(15)21/h1-8,14,17,24H,9-11H2,(H,22,25)/t14-,17+/m1/s1. The van der Waals surface area contributed by atoms with Crippen molar-refractivity contribution in [1.82, 2.24) is 10.2 Å². The van der Waals surface area contributed by atoms with Crippen molar-refractivity contribution in [1.29, 1.82) is 0 Å². The van der Waals surface area contributed by atoms with Crippen LogP contribution < -0.4 is 5.32 Å². The van der Waals surface area contributed by atoms with E-state index in [1.165, 1.54) is 4.90 Å². The predicted octanol–water partition coefficient (Wildman–Crippen LogP) is 2.89. The zero-order chi connectivity index (χ0) is 18.7. The van der Waals surface area contributed by atoms with E-state index in [0.717, 1.165) is 5.56 Å². The van der Waals surface area contributed by atoms with E-state index in [0.29, 0.717) is 22.2 Å². The van der Waals surface area contributed by atoms with E-state index in [4.69, 9.17) is 23.2 Å². The smallest absolute Gasteiger partial charge is 0.256 e. The molecule has 1 fully saturated rings. The first-order valence-electron chi connectivity index (χ1n) is 8.21. The summed E-state index contributed by atoms with van der Waals surface area (Å²) in [5.41, 5.74) is 1.21. The lowest BCUT2D eigenvalue weighted by Crippen LogP contribution is -2.45. The molecule has 0 spiro atoms. The number of halogens is 2. The van der Waals surface area contributed by atoms with Gasteiger partial charge >= 0.3 is 0 Å². The molecule has 2 N–H and O–H groups in total. The Morgan fingerprint density at radius 2 is 1.81 bits per heavy atom. The molecule has 0 unspecified atom stereocenters. The van der Waals surface area contributed by atoms with E-state index < -0.39 is 12.1 Å². The quantitative estimate of drug-likeness (QED) is 0.840. The highest BCUT2D eigenvalue weighted by Gasteiger charge is 2.39. The Balaban J connectivity index is 1.70. The number of nitrogens with one attached hydrogen (secondary N) is 1. The van der Waals surface area contributed by atoms with Crippen molar-refractivity contribution in [3.8, 4) is 0 Å². The van der Waals surface area contributed by atoms with Gasteiger partial charge in [-0.05, 0) is 29.8 Å². The van der Waals surface area contributed by atoms with Crippen molar-refractivity contribution >= 4 is 35.0 Å². The summed E-state index contributed by atoms with van der Waals surface area (Å²) in [6.07, 6.45) is -0.546. The van der Waals surface area contributed by atoms with Crippen LogP contribution in [0.3, 0.4) is 0 Å². The van der Waals surface area contributed by atoms with E-state index in [-0.39, 0.29) is 24.8 Å². The van der Waals surface area contributed by atoms with Gasteiger partial charge in [0.05, 0.1) is 16.7 Å². The molecule has 1 saturated heterocycles. The molecule has 0 radical (unpaired) electrons. The average Bonchev–Trinajstić information content (AvgIpc) is 3.03. The highest BCUT2D eigenvalue weighted by molar-refractivity contribution is 6.33. The van der Waals surface area contributed by atoms with Gasteiger partial charge in [0, 0.05) is 24.5 Å². The summed E-state index contributed by atoms with van der Waals surface area (Å²) < 4.78 is 0. The second-order valence-corrected chi connectivity index (χ2v) is 7.03. The highest BCUT2D eigenvalue weighted by Crippen LogP contribution is 2.24. The molecule has 0 aliphatic carbocycles. The number of likely N-dealkylation sites (tertiary alicyclic amines) is 1. The van der Waals surface area contributed by atoms with Crippen LogP contribution in [0.1, 0.15) is 22.3 Å². The SMILES string of the molecule is O=C(NCc1ccc(Cl)cc1)[C@@H]1C[C@@H](O)CN1C(=O)c1ccccc1Cl. The van der Waals surface area contributed by atoms with Crippen LogP contribution in [0.15, 0.2) is 48.5 Å². The lowest BCUT2D eigenvalue weighted by Gasteiger charge is -2.24. The van der Waals surface area contributed by atoms with Crippen molar-refractivity contribution in [2.75, 3.05) is 6.54 Å². The van der Waals surface area contributed by atoms with Crippen molar-refractivity contribution in [3.63, 3.8) is 0 Å². The van der Waals surface area contributed by atoms with Crippen molar-refractivity contribution in [2.24, 2.45) is 0 Å². The molecule has 2 atom stereocenters. The molecular formula is C19H18Cl2N2O3. The fraction of sp³-hybridized carbons (Fsp3) is 0.263. The number of rotatable bonds is 4. The number of carbonyl (C=O) groups excluding carboxylic acids is 2. The Morgan fingerprint density at radius 1 is 1.12 bits per heavy atom. The number of aliphatic hydroxyl groups excluding tert-OH is 1. The van der Waals surface area contributed by atoms with Crippen LogP contribution in [0.5, 0.6) is 0 Å². The Bertz CT molecular complexity index is 811. The lowest BCUT2D eigenvalue weighted by molar-refractivity contribution is -0.125. The number of carbonyl (C=O) groups is 2. The number of nitrogens with zero attached hydrogens (tertiary/aromatic N) is 1. The van der Waals surface area contributed by atoms with Crippen LogP contribution in [-0.4, -0.2) is 40.5 Å². The van der Waals surface area contributed by atoms with Crippen molar-refractivity contribution in [2.45, 2.75) is 25.1 Å². The molecule has 1 aliphatic heterocycles. The first kappa shape index (κ1) is 18.7. The molecule has 7 heteroatoms. The van der Waals surface area contributed by atoms with Crippen molar-refractivity contribution in [3.05, 3.63) is 69.7 Å². The molecule has 0 aromatic heterocycles. The molecule has 0 bridgehead atoms. The zero-order valence-electron chi connectivity index (χ0n) is 13.9. The minimum atomic E-state index is -0.743. The van der Waals surface area contributed by atoms with Gasteiger partial charge in [-0.25, -0.2) is 0 Å². The van der Waals surface area contributed by atoms with E-state index in [9.17, 15) is 14.7 Å². The Labute approximate surface area is 161 Å². The molecule has 26 heavy (non-hydrogen) atoms. The third kappa shape index (κ3) is 4.18. The average molecular weight is 393 g/mol. The summed E-state index contributed by atoms with van der Waals surface area (Å²) in [5, 5.41) is 13.7. The number of benzene rings is 2. The van der Waals surface area contributed by atoms with Crippen molar-refractivity contribution < 1.29 is 14.7 Å². The van der Waals surface area contributed by atoms with E-state index in [2.05, 4.69) is 5.32 Å². The van der Waals surface area contributed by atoms with Gasteiger partial charge in [0.2, 0.25) is 5.91 Å². The highest BCUT2D eigenvalue weighted by atomic mass is 35.5. The molecule has 2 aromatic rings. The third-order valence-electron chi connectivity index (χ3n) is 4.33. The first-order chi connectivity index (χ1) is 12.5. The summed E-state index contributed by atoms with van der Waals surface area (Å²) in [7, 11) is 0. The van der Waals surface area contributed by atoms with Gasteiger partial charge < -0.3 is 15.3 Å². The predicted molar refractivity (Wildman–Crippen MR) is 100 cm³/mol. The molecule has 136 valence electrons. The molecule has 1 heterocycles. The number of aliphatic hydroxyl groups is 1. The second kappa shape index (κ2) is 8.08. The van der Waals surface area contributed by atoms with Crippen LogP contribution in [0, 0.1) is 0 Å². The Hall–Kier alpha value is -2.08. The van der Waals surface area contributed by atoms with E-state index in [1.807, 2.05) is 12.1 Å². The van der Waals surface area contributed by atoms with Gasteiger partial charge in [0.15, 0.2) is 0 Å². The van der Waals surface area contributed by atoms with Crippen LogP contribution in [0.4, 0.5) is 0 Å². The van der Waals surface area contributed by atoms with E-state index >= 15 is 0 Å². The largest absolute Gasteiger partial charge is 0.391 e. The topological polar surface area (TPSA) is 69.6 Å². The van der Waals surface area contributed by atoms with Crippen LogP contribution in [0.25, 0.3) is 0 Å². The second-order valence-electron chi connectivity index (χ2n) is 6.19. The minimum absolute atomic E-state index is 0.100. The van der Waals surface area contributed by atoms with Gasteiger partial charge in [-0.15, -0.1) is 0 Å². The van der Waals surface area contributed by atoms with Gasteiger partial charge in [-0.2, -0.15) is 0 Å². The normalized spacial score (nSPS) is 19.4. The number of hydrogen-bond acceptors (Lipinski definition) is 3. The maximum absolute atomic E-state index is 12.8. The van der Waals surface area contributed by atoms with Crippen LogP contribution >= 0.6 is 23.2 Å². The molecule has 3 rings (SSSR count). The van der Waals surface area contributed by atoms with Gasteiger partial charge in [0.25, 0.3) is 5.91 Å². The summed E-state index contributed by atoms with van der Waals surface area (Å²) in [5.74, 6) is -0.671. The maximum Gasteiger partial charge on any atom is 0.256 e. The lowest BCUT2D eigenvalue weighted by atomic mass is 10.1. The molecule has 1 aliphatic rings. The zero-order valence-corrected chi connectivity index (χ0v) is 15.4. The monoisotopic (exact) mass is 392 g/mol. The van der Waals surface area contributed by atoms with Gasteiger partial charge in [0.1, 0.15) is 6.04 Å². The van der Waals surface area contributed by atoms with E-state index in [1.54, 1.807) is 36.4 Å². The van der Waals surface area contributed by atoms with Crippen LogP contribution in [-0.2, 0) is 11.3 Å².